The molecule has 0 saturated carbocycles. The summed E-state index contributed by atoms with van der Waals surface area (Å²) in [6.07, 6.45) is 1.97. The maximum absolute atomic E-state index is 12.0. The molecule has 1 aliphatic heterocycles. The molecule has 1 fully saturated rings. The second kappa shape index (κ2) is 5.59. The number of hydrogen-bond donors (Lipinski definition) is 0. The highest BCUT2D eigenvalue weighted by atomic mass is 16.5. The first kappa shape index (κ1) is 13.8. The molecule has 6 nitrogen and oxygen atoms in total. The summed E-state index contributed by atoms with van der Waals surface area (Å²) in [7, 11) is 3.55. The fraction of sp³-hybridized carbons (Fsp3) is 0.769. The zero-order chi connectivity index (χ0) is 14.0. The third-order valence-electron chi connectivity index (χ3n) is 3.40. The Labute approximate surface area is 113 Å². The van der Waals surface area contributed by atoms with Crippen molar-refractivity contribution in [3.63, 3.8) is 0 Å². The summed E-state index contributed by atoms with van der Waals surface area (Å²) in [5, 5.41) is 4.00. The summed E-state index contributed by atoms with van der Waals surface area (Å²) in [4.78, 5) is 19.9. The predicted octanol–water partition coefficient (Wildman–Crippen LogP) is 2.05. The standard InChI is InChI=1S/C13H22N4O2/c1-9(2)11-14-12(19-15-11)10-6-5-7-17(8-10)13(18)16(3)4/h9-10H,5-8H2,1-4H3/t10-/m0/s1. The summed E-state index contributed by atoms with van der Waals surface area (Å²) in [6.45, 7) is 5.55. The van der Waals surface area contributed by atoms with Crippen LogP contribution in [0.3, 0.4) is 0 Å². The van der Waals surface area contributed by atoms with Gasteiger partial charge in [0.05, 0.1) is 5.92 Å². The summed E-state index contributed by atoms with van der Waals surface area (Å²) in [6, 6.07) is 0.0494. The molecule has 1 aromatic heterocycles. The monoisotopic (exact) mass is 266 g/mol. The van der Waals surface area contributed by atoms with Crippen molar-refractivity contribution in [2.45, 2.75) is 38.5 Å². The number of carbonyl (C=O) groups is 1. The molecule has 0 aliphatic carbocycles. The Morgan fingerprint density at radius 2 is 2.21 bits per heavy atom. The second-order valence-electron chi connectivity index (χ2n) is 5.61. The van der Waals surface area contributed by atoms with E-state index in [2.05, 4.69) is 10.1 Å². The van der Waals surface area contributed by atoms with Crippen molar-refractivity contribution in [2.75, 3.05) is 27.2 Å². The fourth-order valence-electron chi connectivity index (χ4n) is 2.28. The van der Waals surface area contributed by atoms with Gasteiger partial charge in [0.1, 0.15) is 0 Å². The smallest absolute Gasteiger partial charge is 0.319 e. The van der Waals surface area contributed by atoms with Crippen LogP contribution in [0, 0.1) is 0 Å². The molecule has 6 heteroatoms. The number of piperidine rings is 1. The molecule has 2 rings (SSSR count). The molecule has 2 heterocycles. The Hall–Kier alpha value is -1.59. The molecule has 2 amide bonds. The lowest BCUT2D eigenvalue weighted by Gasteiger charge is -2.32. The number of hydrogen-bond acceptors (Lipinski definition) is 4. The lowest BCUT2D eigenvalue weighted by Crippen LogP contribution is -2.44. The third-order valence-corrected chi connectivity index (χ3v) is 3.40. The van der Waals surface area contributed by atoms with Crippen LogP contribution in [0.2, 0.25) is 0 Å². The Morgan fingerprint density at radius 1 is 1.47 bits per heavy atom. The number of urea groups is 1. The molecule has 1 atom stereocenters. The number of likely N-dealkylation sites (tertiary alicyclic amines) is 1. The molecule has 0 aromatic carbocycles. The maximum atomic E-state index is 12.0. The molecule has 1 aromatic rings. The van der Waals surface area contributed by atoms with Crippen molar-refractivity contribution in [1.82, 2.24) is 19.9 Å². The van der Waals surface area contributed by atoms with E-state index < -0.39 is 0 Å². The number of aromatic nitrogens is 2. The minimum absolute atomic E-state index is 0.0494. The predicted molar refractivity (Wildman–Crippen MR) is 71.0 cm³/mol. The Morgan fingerprint density at radius 3 is 2.79 bits per heavy atom. The van der Waals surface area contributed by atoms with Crippen LogP contribution in [0.25, 0.3) is 0 Å². The zero-order valence-electron chi connectivity index (χ0n) is 12.1. The van der Waals surface area contributed by atoms with E-state index in [-0.39, 0.29) is 17.9 Å². The SMILES string of the molecule is CC(C)c1noc([C@H]2CCCN(C(=O)N(C)C)C2)n1. The van der Waals surface area contributed by atoms with Gasteiger partial charge in [0.2, 0.25) is 5.89 Å². The maximum Gasteiger partial charge on any atom is 0.319 e. The van der Waals surface area contributed by atoms with E-state index in [1.165, 1.54) is 0 Å². The van der Waals surface area contributed by atoms with Gasteiger partial charge in [-0.15, -0.1) is 0 Å². The summed E-state index contributed by atoms with van der Waals surface area (Å²) < 4.78 is 5.34. The summed E-state index contributed by atoms with van der Waals surface area (Å²) in [5.41, 5.74) is 0. The van der Waals surface area contributed by atoms with E-state index in [1.807, 2.05) is 18.7 Å². The number of nitrogens with zero attached hydrogens (tertiary/aromatic N) is 4. The van der Waals surface area contributed by atoms with Gasteiger partial charge in [-0.2, -0.15) is 4.98 Å². The summed E-state index contributed by atoms with van der Waals surface area (Å²) >= 11 is 0. The lowest BCUT2D eigenvalue weighted by molar-refractivity contribution is 0.149. The first-order valence-electron chi connectivity index (χ1n) is 6.78. The van der Waals surface area contributed by atoms with Crippen molar-refractivity contribution in [3.05, 3.63) is 11.7 Å². The molecule has 0 spiro atoms. The highest BCUT2D eigenvalue weighted by Gasteiger charge is 2.29. The number of amides is 2. The fourth-order valence-corrected chi connectivity index (χ4v) is 2.28. The average Bonchev–Trinajstić information content (AvgIpc) is 2.87. The van der Waals surface area contributed by atoms with Gasteiger partial charge in [-0.1, -0.05) is 19.0 Å². The Kier molecular flexibility index (Phi) is 4.07. The van der Waals surface area contributed by atoms with Crippen molar-refractivity contribution in [3.8, 4) is 0 Å². The van der Waals surface area contributed by atoms with Crippen LogP contribution in [0.5, 0.6) is 0 Å². The van der Waals surface area contributed by atoms with Crippen LogP contribution in [0.4, 0.5) is 4.79 Å². The normalized spacial score (nSPS) is 19.8. The largest absolute Gasteiger partial charge is 0.339 e. The van der Waals surface area contributed by atoms with Crippen molar-refractivity contribution in [1.29, 1.82) is 0 Å². The molecule has 0 radical (unpaired) electrons. The second-order valence-corrected chi connectivity index (χ2v) is 5.61. The van der Waals surface area contributed by atoms with Crippen LogP contribution in [0.15, 0.2) is 4.52 Å². The van der Waals surface area contributed by atoms with E-state index in [1.54, 1.807) is 19.0 Å². The first-order valence-corrected chi connectivity index (χ1v) is 6.78. The molecule has 1 saturated heterocycles. The van der Waals surface area contributed by atoms with E-state index in [0.717, 1.165) is 25.2 Å². The van der Waals surface area contributed by atoms with E-state index in [4.69, 9.17) is 4.52 Å². The van der Waals surface area contributed by atoms with Gasteiger partial charge in [-0.25, -0.2) is 4.79 Å². The molecular weight excluding hydrogens is 244 g/mol. The minimum atomic E-state index is 0.0494. The molecule has 0 N–H and O–H groups in total. The molecule has 0 bridgehead atoms. The topological polar surface area (TPSA) is 62.5 Å². The third kappa shape index (κ3) is 3.05. The van der Waals surface area contributed by atoms with Crippen molar-refractivity contribution in [2.24, 2.45) is 0 Å². The van der Waals surface area contributed by atoms with Gasteiger partial charge in [0.25, 0.3) is 0 Å². The van der Waals surface area contributed by atoms with Gasteiger partial charge in [-0.3, -0.25) is 0 Å². The molecular formula is C13H22N4O2. The van der Waals surface area contributed by atoms with E-state index in [0.29, 0.717) is 12.4 Å². The van der Waals surface area contributed by atoms with Crippen molar-refractivity contribution >= 4 is 6.03 Å². The summed E-state index contributed by atoms with van der Waals surface area (Å²) in [5.74, 6) is 1.84. The van der Waals surface area contributed by atoms with Gasteiger partial charge >= 0.3 is 6.03 Å². The van der Waals surface area contributed by atoms with E-state index in [9.17, 15) is 4.79 Å². The average molecular weight is 266 g/mol. The zero-order valence-corrected chi connectivity index (χ0v) is 12.1. The van der Waals surface area contributed by atoms with Gasteiger partial charge in [0, 0.05) is 33.1 Å². The quantitative estimate of drug-likeness (QED) is 0.822. The number of rotatable bonds is 2. The van der Waals surface area contributed by atoms with Crippen molar-refractivity contribution < 1.29 is 9.32 Å². The Bertz CT molecular complexity index is 442. The van der Waals surface area contributed by atoms with Gasteiger partial charge < -0.3 is 14.3 Å². The van der Waals surface area contributed by atoms with Gasteiger partial charge in [0.15, 0.2) is 5.82 Å². The van der Waals surface area contributed by atoms with Gasteiger partial charge in [-0.05, 0) is 12.8 Å². The van der Waals surface area contributed by atoms with E-state index >= 15 is 0 Å². The highest BCUT2D eigenvalue weighted by molar-refractivity contribution is 5.74. The first-order chi connectivity index (χ1) is 8.99. The van der Waals surface area contributed by atoms with Crippen LogP contribution in [-0.4, -0.2) is 53.2 Å². The minimum Gasteiger partial charge on any atom is -0.339 e. The van der Waals surface area contributed by atoms with Crippen LogP contribution in [-0.2, 0) is 0 Å². The Balaban J connectivity index is 2.06. The number of carbonyl (C=O) groups excluding carboxylic acids is 1. The highest BCUT2D eigenvalue weighted by Crippen LogP contribution is 2.27. The van der Waals surface area contributed by atoms with Crippen LogP contribution < -0.4 is 0 Å². The molecule has 1 aliphatic rings. The van der Waals surface area contributed by atoms with Crippen LogP contribution in [0.1, 0.15) is 50.2 Å². The lowest BCUT2D eigenvalue weighted by atomic mass is 9.98. The molecule has 106 valence electrons. The molecule has 0 unspecified atom stereocenters. The van der Waals surface area contributed by atoms with Crippen LogP contribution >= 0.6 is 0 Å². The molecule has 19 heavy (non-hydrogen) atoms.